The molecule has 1 unspecified atom stereocenters. The van der Waals surface area contributed by atoms with Gasteiger partial charge >= 0.3 is 5.97 Å². The predicted molar refractivity (Wildman–Crippen MR) is 44.6 cm³/mol. The lowest BCUT2D eigenvalue weighted by Gasteiger charge is -2.18. The fourth-order valence-electron chi connectivity index (χ4n) is 1.68. The molecular formula is C9H16O3. The molecule has 0 radical (unpaired) electrons. The van der Waals surface area contributed by atoms with E-state index in [-0.39, 0.29) is 5.41 Å². The van der Waals surface area contributed by atoms with Gasteiger partial charge in [-0.3, -0.25) is 0 Å². The average molecular weight is 172 g/mol. The van der Waals surface area contributed by atoms with Crippen molar-refractivity contribution in [3.63, 3.8) is 0 Å². The summed E-state index contributed by atoms with van der Waals surface area (Å²) >= 11 is 0. The van der Waals surface area contributed by atoms with E-state index in [4.69, 9.17) is 0 Å². The first kappa shape index (κ1) is 9.52. The minimum absolute atomic E-state index is 0.137. The van der Waals surface area contributed by atoms with Gasteiger partial charge in [0.15, 0.2) is 6.10 Å². The van der Waals surface area contributed by atoms with Crippen LogP contribution in [0.3, 0.4) is 0 Å². The predicted octanol–water partition coefficient (Wildman–Crippen LogP) is 1.10. The van der Waals surface area contributed by atoms with Crippen LogP contribution >= 0.6 is 0 Å². The summed E-state index contributed by atoms with van der Waals surface area (Å²) in [7, 11) is 1.31. The summed E-state index contributed by atoms with van der Waals surface area (Å²) in [5.41, 5.74) is -0.137. The van der Waals surface area contributed by atoms with Crippen molar-refractivity contribution in [3.8, 4) is 0 Å². The van der Waals surface area contributed by atoms with Crippen molar-refractivity contribution in [2.45, 2.75) is 38.7 Å². The smallest absolute Gasteiger partial charge is 0.335 e. The first-order valence-electron chi connectivity index (χ1n) is 4.42. The number of carbonyl (C=O) groups excluding carboxylic acids is 1. The lowest BCUT2D eigenvalue weighted by atomic mass is 9.94. The van der Waals surface area contributed by atoms with Gasteiger partial charge in [0, 0.05) is 5.41 Å². The molecule has 0 saturated heterocycles. The molecule has 0 aromatic heterocycles. The van der Waals surface area contributed by atoms with E-state index in [1.165, 1.54) is 7.11 Å². The molecule has 0 spiro atoms. The molecule has 0 bridgehead atoms. The third kappa shape index (κ3) is 1.61. The Hall–Kier alpha value is -0.570. The lowest BCUT2D eigenvalue weighted by molar-refractivity contribution is -0.154. The molecular weight excluding hydrogens is 156 g/mol. The van der Waals surface area contributed by atoms with Crippen LogP contribution in [-0.2, 0) is 9.53 Å². The minimum Gasteiger partial charge on any atom is -0.467 e. The zero-order valence-electron chi connectivity index (χ0n) is 7.67. The fourth-order valence-corrected chi connectivity index (χ4v) is 1.68. The molecule has 3 heteroatoms. The zero-order chi connectivity index (χ0) is 9.19. The van der Waals surface area contributed by atoms with Crippen LogP contribution in [0.2, 0.25) is 0 Å². The van der Waals surface area contributed by atoms with Crippen LogP contribution in [0.1, 0.15) is 32.6 Å². The largest absolute Gasteiger partial charge is 0.467 e. The summed E-state index contributed by atoms with van der Waals surface area (Å²) in [6.07, 6.45) is 2.94. The van der Waals surface area contributed by atoms with Gasteiger partial charge in [-0.1, -0.05) is 13.3 Å². The lowest BCUT2D eigenvalue weighted by Crippen LogP contribution is -2.31. The number of aliphatic hydroxyl groups is 1. The first-order valence-corrected chi connectivity index (χ1v) is 4.42. The van der Waals surface area contributed by atoms with Crippen LogP contribution in [0.25, 0.3) is 0 Å². The van der Waals surface area contributed by atoms with E-state index in [0.717, 1.165) is 25.7 Å². The second-order valence-corrected chi connectivity index (χ2v) is 3.54. The van der Waals surface area contributed by atoms with Crippen molar-refractivity contribution >= 4 is 5.97 Å². The Balaban J connectivity index is 2.50. The van der Waals surface area contributed by atoms with Gasteiger partial charge in [0.05, 0.1) is 7.11 Å². The number of hydrogen-bond donors (Lipinski definition) is 1. The molecule has 0 aliphatic heterocycles. The molecule has 1 N–H and O–H groups in total. The molecule has 12 heavy (non-hydrogen) atoms. The fraction of sp³-hybridized carbons (Fsp3) is 0.889. The van der Waals surface area contributed by atoms with Crippen LogP contribution in [0.4, 0.5) is 0 Å². The summed E-state index contributed by atoms with van der Waals surface area (Å²) in [4.78, 5) is 11.0. The number of carbonyl (C=O) groups is 1. The van der Waals surface area contributed by atoms with E-state index in [0.29, 0.717) is 0 Å². The maximum Gasteiger partial charge on any atom is 0.335 e. The van der Waals surface area contributed by atoms with Crippen LogP contribution in [0, 0.1) is 5.41 Å². The van der Waals surface area contributed by atoms with Crippen molar-refractivity contribution in [1.82, 2.24) is 0 Å². The third-order valence-corrected chi connectivity index (χ3v) is 2.64. The Morgan fingerprint density at radius 3 is 2.58 bits per heavy atom. The molecule has 0 heterocycles. The molecule has 0 aromatic carbocycles. The van der Waals surface area contributed by atoms with E-state index in [2.05, 4.69) is 11.7 Å². The van der Waals surface area contributed by atoms with Crippen LogP contribution in [0.15, 0.2) is 0 Å². The van der Waals surface area contributed by atoms with Crippen molar-refractivity contribution in [3.05, 3.63) is 0 Å². The highest BCUT2D eigenvalue weighted by atomic mass is 16.5. The quantitative estimate of drug-likeness (QED) is 0.646. The van der Waals surface area contributed by atoms with Crippen LogP contribution in [0.5, 0.6) is 0 Å². The standard InChI is InChI=1S/C9H16O3/c1-3-4-9(5-6-9)7(10)8(11)12-2/h7,10H,3-6H2,1-2H3. The minimum atomic E-state index is -0.901. The molecule has 0 aromatic rings. The van der Waals surface area contributed by atoms with Crippen LogP contribution in [-0.4, -0.2) is 24.3 Å². The second-order valence-electron chi connectivity index (χ2n) is 3.54. The molecule has 1 aliphatic carbocycles. The summed E-state index contributed by atoms with van der Waals surface area (Å²) in [6.45, 7) is 2.06. The Morgan fingerprint density at radius 2 is 2.25 bits per heavy atom. The third-order valence-electron chi connectivity index (χ3n) is 2.64. The van der Waals surface area contributed by atoms with E-state index >= 15 is 0 Å². The molecule has 1 fully saturated rings. The van der Waals surface area contributed by atoms with Crippen molar-refractivity contribution in [2.75, 3.05) is 7.11 Å². The SMILES string of the molecule is CCCC1(C(O)C(=O)OC)CC1. The normalized spacial score (nSPS) is 21.6. The topological polar surface area (TPSA) is 46.5 Å². The number of ether oxygens (including phenoxy) is 1. The van der Waals surface area contributed by atoms with Crippen molar-refractivity contribution in [1.29, 1.82) is 0 Å². The van der Waals surface area contributed by atoms with E-state index in [1.54, 1.807) is 0 Å². The van der Waals surface area contributed by atoms with Gasteiger partial charge in [-0.25, -0.2) is 4.79 Å². The van der Waals surface area contributed by atoms with Gasteiger partial charge in [-0.05, 0) is 19.3 Å². The molecule has 70 valence electrons. The summed E-state index contributed by atoms with van der Waals surface area (Å²) < 4.78 is 4.50. The highest BCUT2D eigenvalue weighted by molar-refractivity contribution is 5.75. The highest BCUT2D eigenvalue weighted by Crippen LogP contribution is 2.52. The number of esters is 1. The maximum atomic E-state index is 11.0. The number of aliphatic hydroxyl groups excluding tert-OH is 1. The first-order chi connectivity index (χ1) is 5.66. The molecule has 1 atom stereocenters. The highest BCUT2D eigenvalue weighted by Gasteiger charge is 2.51. The Bertz CT molecular complexity index is 173. The zero-order valence-corrected chi connectivity index (χ0v) is 7.67. The van der Waals surface area contributed by atoms with E-state index in [9.17, 15) is 9.90 Å². The van der Waals surface area contributed by atoms with Gasteiger partial charge in [0.25, 0.3) is 0 Å². The Labute approximate surface area is 72.7 Å². The summed E-state index contributed by atoms with van der Waals surface area (Å²) in [6, 6.07) is 0. The molecule has 1 aliphatic rings. The second kappa shape index (κ2) is 3.44. The van der Waals surface area contributed by atoms with Gasteiger partial charge in [-0.2, -0.15) is 0 Å². The number of rotatable bonds is 4. The van der Waals surface area contributed by atoms with Gasteiger partial charge in [0.1, 0.15) is 0 Å². The molecule has 3 nitrogen and oxygen atoms in total. The summed E-state index contributed by atoms with van der Waals surface area (Å²) in [5, 5.41) is 9.56. The molecule has 0 amide bonds. The van der Waals surface area contributed by atoms with E-state index in [1.807, 2.05) is 0 Å². The van der Waals surface area contributed by atoms with Crippen LogP contribution < -0.4 is 0 Å². The number of methoxy groups -OCH3 is 1. The monoisotopic (exact) mass is 172 g/mol. The van der Waals surface area contributed by atoms with Crippen molar-refractivity contribution < 1.29 is 14.6 Å². The number of hydrogen-bond acceptors (Lipinski definition) is 3. The Kier molecular flexibility index (Phi) is 2.73. The Morgan fingerprint density at radius 1 is 1.67 bits per heavy atom. The van der Waals surface area contributed by atoms with E-state index < -0.39 is 12.1 Å². The molecule has 1 saturated carbocycles. The average Bonchev–Trinajstić information content (AvgIpc) is 2.84. The molecule has 1 rings (SSSR count). The summed E-state index contributed by atoms with van der Waals surface area (Å²) in [5.74, 6) is -0.485. The van der Waals surface area contributed by atoms with Gasteiger partial charge in [0.2, 0.25) is 0 Å². The maximum absolute atomic E-state index is 11.0. The van der Waals surface area contributed by atoms with Gasteiger partial charge in [-0.15, -0.1) is 0 Å². The van der Waals surface area contributed by atoms with Crippen molar-refractivity contribution in [2.24, 2.45) is 5.41 Å². The van der Waals surface area contributed by atoms with Gasteiger partial charge < -0.3 is 9.84 Å².